The zero-order valence-electron chi connectivity index (χ0n) is 14.1. The van der Waals surface area contributed by atoms with Gasteiger partial charge in [-0.1, -0.05) is 30.3 Å². The molecule has 0 aliphatic rings. The number of amides is 1. The summed E-state index contributed by atoms with van der Waals surface area (Å²) in [5.74, 6) is 0.255. The molecule has 0 aromatic heterocycles. The van der Waals surface area contributed by atoms with E-state index in [-0.39, 0.29) is 37.2 Å². The number of carbonyl (C=O) groups excluding carboxylic acids is 1. The van der Waals surface area contributed by atoms with Gasteiger partial charge in [0.25, 0.3) is 0 Å². The number of halogens is 2. The molecule has 2 aromatic carbocycles. The van der Waals surface area contributed by atoms with Crippen LogP contribution in [-0.4, -0.2) is 37.0 Å². The summed E-state index contributed by atoms with van der Waals surface area (Å²) in [4.78, 5) is 14.1. The second kappa shape index (κ2) is 11.4. The summed E-state index contributed by atoms with van der Waals surface area (Å²) in [6.07, 6.45) is 1.07. The molecule has 4 nitrogen and oxygen atoms in total. The van der Waals surface area contributed by atoms with E-state index in [0.717, 1.165) is 6.42 Å². The zero-order chi connectivity index (χ0) is 17.2. The second-order valence-electron chi connectivity index (χ2n) is 5.46. The molecule has 0 fully saturated rings. The van der Waals surface area contributed by atoms with E-state index in [9.17, 15) is 9.18 Å². The van der Waals surface area contributed by atoms with Crippen molar-refractivity contribution in [2.75, 3.05) is 26.2 Å². The minimum atomic E-state index is -0.312. The first-order valence-corrected chi connectivity index (χ1v) is 8.09. The lowest BCUT2D eigenvalue weighted by Crippen LogP contribution is -2.37. The van der Waals surface area contributed by atoms with E-state index in [1.54, 1.807) is 17.0 Å². The largest absolute Gasteiger partial charge is 0.493 e. The van der Waals surface area contributed by atoms with Crippen LogP contribution >= 0.6 is 12.4 Å². The Hall–Kier alpha value is -2.11. The number of carbonyl (C=O) groups is 1. The molecule has 0 atom stereocenters. The smallest absolute Gasteiger partial charge is 0.226 e. The van der Waals surface area contributed by atoms with Gasteiger partial charge >= 0.3 is 0 Å². The van der Waals surface area contributed by atoms with Crippen molar-refractivity contribution < 1.29 is 13.9 Å². The normalized spacial score (nSPS) is 10.0. The van der Waals surface area contributed by atoms with E-state index in [4.69, 9.17) is 10.5 Å². The summed E-state index contributed by atoms with van der Waals surface area (Å²) >= 11 is 0. The van der Waals surface area contributed by atoms with Gasteiger partial charge in [0.05, 0.1) is 13.0 Å². The Morgan fingerprint density at radius 3 is 2.36 bits per heavy atom. The molecule has 0 spiro atoms. The minimum absolute atomic E-state index is 0. The molecule has 0 aliphatic heterocycles. The number of hydrogen-bond donors (Lipinski definition) is 1. The van der Waals surface area contributed by atoms with Crippen molar-refractivity contribution in [3.05, 3.63) is 66.0 Å². The number of hydrogen-bond acceptors (Lipinski definition) is 3. The fourth-order valence-electron chi connectivity index (χ4n) is 2.37. The highest BCUT2D eigenvalue weighted by Crippen LogP contribution is 2.11. The maximum Gasteiger partial charge on any atom is 0.226 e. The molecule has 1 amide bonds. The van der Waals surface area contributed by atoms with Crippen LogP contribution in [0.2, 0.25) is 0 Å². The van der Waals surface area contributed by atoms with Gasteiger partial charge in [0, 0.05) is 19.6 Å². The molecule has 6 heteroatoms. The van der Waals surface area contributed by atoms with E-state index in [2.05, 4.69) is 0 Å². The standard InChI is InChI=1S/C19H23FN2O2.ClH/c20-17-6-8-18(9-7-17)24-15-11-19(23)22(14-12-21)13-10-16-4-2-1-3-5-16;/h1-9H,10-15,21H2;1H. The van der Waals surface area contributed by atoms with E-state index >= 15 is 0 Å². The van der Waals surface area contributed by atoms with Crippen LogP contribution in [0, 0.1) is 5.82 Å². The molecule has 0 unspecified atom stereocenters. The van der Waals surface area contributed by atoms with Crippen LogP contribution in [0.15, 0.2) is 54.6 Å². The highest BCUT2D eigenvalue weighted by Gasteiger charge is 2.12. The fourth-order valence-corrected chi connectivity index (χ4v) is 2.37. The quantitative estimate of drug-likeness (QED) is 0.742. The topological polar surface area (TPSA) is 55.6 Å². The zero-order valence-corrected chi connectivity index (χ0v) is 14.9. The molecular weight excluding hydrogens is 343 g/mol. The van der Waals surface area contributed by atoms with Crippen LogP contribution < -0.4 is 10.5 Å². The van der Waals surface area contributed by atoms with Gasteiger partial charge in [0.2, 0.25) is 5.91 Å². The third kappa shape index (κ3) is 7.54. The summed E-state index contributed by atoms with van der Waals surface area (Å²) in [5, 5.41) is 0. The first-order chi connectivity index (χ1) is 11.7. The predicted molar refractivity (Wildman–Crippen MR) is 99.5 cm³/mol. The Kier molecular flexibility index (Phi) is 9.58. The van der Waals surface area contributed by atoms with Crippen molar-refractivity contribution >= 4 is 18.3 Å². The van der Waals surface area contributed by atoms with Gasteiger partial charge in [-0.3, -0.25) is 4.79 Å². The van der Waals surface area contributed by atoms with Crippen molar-refractivity contribution in [3.63, 3.8) is 0 Å². The molecule has 0 aliphatic carbocycles. The first-order valence-electron chi connectivity index (χ1n) is 8.09. The van der Waals surface area contributed by atoms with E-state index in [1.807, 2.05) is 30.3 Å². The van der Waals surface area contributed by atoms with E-state index < -0.39 is 0 Å². The van der Waals surface area contributed by atoms with Gasteiger partial charge in [-0.05, 0) is 36.2 Å². The summed E-state index contributed by atoms with van der Waals surface area (Å²) < 4.78 is 18.3. The van der Waals surface area contributed by atoms with Crippen molar-refractivity contribution in [3.8, 4) is 5.75 Å². The van der Waals surface area contributed by atoms with Crippen LogP contribution in [0.1, 0.15) is 12.0 Å². The van der Waals surface area contributed by atoms with Crippen molar-refractivity contribution in [1.29, 1.82) is 0 Å². The van der Waals surface area contributed by atoms with E-state index in [1.165, 1.54) is 17.7 Å². The number of nitrogens with two attached hydrogens (primary N) is 1. The average molecular weight is 367 g/mol. The Bertz CT molecular complexity index is 623. The number of benzene rings is 2. The molecule has 0 saturated carbocycles. The summed E-state index contributed by atoms with van der Waals surface area (Å²) in [6, 6.07) is 15.8. The summed E-state index contributed by atoms with van der Waals surface area (Å²) in [5.41, 5.74) is 6.80. The van der Waals surface area contributed by atoms with Crippen LogP contribution in [0.4, 0.5) is 4.39 Å². The van der Waals surface area contributed by atoms with Gasteiger partial charge in [-0.15, -0.1) is 12.4 Å². The highest BCUT2D eigenvalue weighted by molar-refractivity contribution is 5.85. The number of rotatable bonds is 9. The summed E-state index contributed by atoms with van der Waals surface area (Å²) in [6.45, 7) is 1.86. The molecule has 136 valence electrons. The van der Waals surface area contributed by atoms with Gasteiger partial charge < -0.3 is 15.4 Å². The third-order valence-corrected chi connectivity index (χ3v) is 3.66. The van der Waals surface area contributed by atoms with Crippen molar-refractivity contribution in [1.82, 2.24) is 4.90 Å². The molecule has 25 heavy (non-hydrogen) atoms. The third-order valence-electron chi connectivity index (χ3n) is 3.66. The molecule has 0 heterocycles. The fraction of sp³-hybridized carbons (Fsp3) is 0.316. The lowest BCUT2D eigenvalue weighted by molar-refractivity contribution is -0.131. The van der Waals surface area contributed by atoms with Gasteiger partial charge in [0.15, 0.2) is 0 Å². The average Bonchev–Trinajstić information content (AvgIpc) is 2.61. The maximum atomic E-state index is 12.8. The number of ether oxygens (including phenoxy) is 1. The van der Waals surface area contributed by atoms with Crippen LogP contribution in [0.25, 0.3) is 0 Å². The maximum absolute atomic E-state index is 12.8. The van der Waals surface area contributed by atoms with Crippen molar-refractivity contribution in [2.24, 2.45) is 5.73 Å². The Labute approximate surface area is 154 Å². The first kappa shape index (κ1) is 20.9. The Balaban J connectivity index is 0.00000312. The van der Waals surface area contributed by atoms with Crippen LogP contribution in [-0.2, 0) is 11.2 Å². The molecule has 0 saturated heterocycles. The molecule has 2 rings (SSSR count). The van der Waals surface area contributed by atoms with Crippen LogP contribution in [0.5, 0.6) is 5.75 Å². The van der Waals surface area contributed by atoms with E-state index in [0.29, 0.717) is 25.4 Å². The Morgan fingerprint density at radius 1 is 1.04 bits per heavy atom. The molecule has 2 N–H and O–H groups in total. The van der Waals surface area contributed by atoms with Crippen LogP contribution in [0.3, 0.4) is 0 Å². The molecule has 2 aromatic rings. The SMILES string of the molecule is Cl.NCCN(CCc1ccccc1)C(=O)CCOc1ccc(F)cc1. The van der Waals surface area contributed by atoms with Gasteiger partial charge in [-0.25, -0.2) is 4.39 Å². The monoisotopic (exact) mass is 366 g/mol. The summed E-state index contributed by atoms with van der Waals surface area (Å²) in [7, 11) is 0. The molecule has 0 bridgehead atoms. The lowest BCUT2D eigenvalue weighted by atomic mass is 10.1. The minimum Gasteiger partial charge on any atom is -0.493 e. The molecular formula is C19H24ClFN2O2. The van der Waals surface area contributed by atoms with Crippen molar-refractivity contribution in [2.45, 2.75) is 12.8 Å². The predicted octanol–water partition coefficient (Wildman–Crippen LogP) is 3.05. The van der Waals surface area contributed by atoms with Gasteiger partial charge in [-0.2, -0.15) is 0 Å². The Morgan fingerprint density at radius 2 is 1.72 bits per heavy atom. The highest BCUT2D eigenvalue weighted by atomic mass is 35.5. The van der Waals surface area contributed by atoms with Gasteiger partial charge in [0.1, 0.15) is 11.6 Å². The lowest BCUT2D eigenvalue weighted by Gasteiger charge is -2.22. The molecule has 0 radical (unpaired) electrons. The number of nitrogens with zero attached hydrogens (tertiary/aromatic N) is 1. The second-order valence-corrected chi connectivity index (χ2v) is 5.46.